The standard InChI is InChI=1S/C27H32N6O4/c1-16(2)30-26(35)31-9-5-6-17(13-31)14-32-20-8-4-3-7-18(20)27(25(32)34)12-24(28)33(29)21-11-23-22(10-19(21)27)36-15-37-23/h3-4,7-8,10-11,16-17,28H,5-6,9,12-15,29H2,1-2H3,(H,30,35). The highest BCUT2D eigenvalue weighted by Gasteiger charge is 2.57. The third-order valence-corrected chi connectivity index (χ3v) is 7.86. The summed E-state index contributed by atoms with van der Waals surface area (Å²) in [5.74, 6) is 7.66. The van der Waals surface area contributed by atoms with Crippen molar-refractivity contribution in [3.63, 3.8) is 0 Å². The maximum absolute atomic E-state index is 14.5. The van der Waals surface area contributed by atoms with Gasteiger partial charge < -0.3 is 24.6 Å². The molecular weight excluding hydrogens is 472 g/mol. The monoisotopic (exact) mass is 504 g/mol. The van der Waals surface area contributed by atoms with E-state index in [2.05, 4.69) is 5.32 Å². The molecule has 0 aliphatic carbocycles. The van der Waals surface area contributed by atoms with Crippen molar-refractivity contribution in [1.29, 1.82) is 5.41 Å². The Morgan fingerprint density at radius 2 is 1.95 bits per heavy atom. The Bertz CT molecular complexity index is 1300. The first-order chi connectivity index (χ1) is 17.8. The van der Waals surface area contributed by atoms with Crippen molar-refractivity contribution in [1.82, 2.24) is 10.2 Å². The molecule has 0 saturated carbocycles. The Morgan fingerprint density at radius 1 is 1.19 bits per heavy atom. The average molecular weight is 505 g/mol. The molecule has 1 spiro atoms. The normalized spacial score (nSPS) is 24.1. The van der Waals surface area contributed by atoms with Crippen LogP contribution >= 0.6 is 0 Å². The summed E-state index contributed by atoms with van der Waals surface area (Å²) in [5, 5.41) is 13.0. The predicted molar refractivity (Wildman–Crippen MR) is 139 cm³/mol. The second-order valence-electron chi connectivity index (χ2n) is 10.6. The highest BCUT2D eigenvalue weighted by Crippen LogP contribution is 2.55. The van der Waals surface area contributed by atoms with Crippen molar-refractivity contribution < 1.29 is 19.1 Å². The molecule has 4 N–H and O–H groups in total. The van der Waals surface area contributed by atoms with E-state index in [0.29, 0.717) is 36.8 Å². The fourth-order valence-electron chi connectivity index (χ4n) is 6.18. The molecule has 4 aliphatic heterocycles. The van der Waals surface area contributed by atoms with E-state index < -0.39 is 5.41 Å². The number of nitrogens with one attached hydrogen (secondary N) is 2. The zero-order valence-corrected chi connectivity index (χ0v) is 21.1. The van der Waals surface area contributed by atoms with Crippen LogP contribution in [0.3, 0.4) is 0 Å². The van der Waals surface area contributed by atoms with E-state index in [0.717, 1.165) is 29.7 Å². The second kappa shape index (κ2) is 8.65. The number of hydrogen-bond donors (Lipinski definition) is 3. The number of amides is 3. The van der Waals surface area contributed by atoms with Crippen LogP contribution in [0.25, 0.3) is 0 Å². The molecule has 1 fully saturated rings. The van der Waals surface area contributed by atoms with Gasteiger partial charge in [-0.3, -0.25) is 15.2 Å². The van der Waals surface area contributed by atoms with Crippen LogP contribution in [0.2, 0.25) is 0 Å². The van der Waals surface area contributed by atoms with Crippen LogP contribution in [-0.4, -0.2) is 55.1 Å². The summed E-state index contributed by atoms with van der Waals surface area (Å²) in [4.78, 5) is 30.9. The largest absolute Gasteiger partial charge is 0.454 e. The van der Waals surface area contributed by atoms with Gasteiger partial charge in [0.1, 0.15) is 11.3 Å². The van der Waals surface area contributed by atoms with Crippen molar-refractivity contribution in [3.8, 4) is 11.5 Å². The van der Waals surface area contributed by atoms with Gasteiger partial charge in [-0.05, 0) is 50.3 Å². The van der Waals surface area contributed by atoms with Crippen molar-refractivity contribution in [3.05, 3.63) is 47.5 Å². The highest BCUT2D eigenvalue weighted by atomic mass is 16.7. The molecule has 0 bridgehead atoms. The predicted octanol–water partition coefficient (Wildman–Crippen LogP) is 2.94. The molecule has 10 heteroatoms. The second-order valence-corrected chi connectivity index (χ2v) is 10.6. The van der Waals surface area contributed by atoms with Gasteiger partial charge in [0, 0.05) is 49.4 Å². The minimum absolute atomic E-state index is 0.0573. The Balaban J connectivity index is 1.38. The van der Waals surface area contributed by atoms with Crippen molar-refractivity contribution in [2.45, 2.75) is 44.6 Å². The molecule has 2 unspecified atom stereocenters. The maximum atomic E-state index is 14.5. The molecule has 194 valence electrons. The summed E-state index contributed by atoms with van der Waals surface area (Å²) in [7, 11) is 0. The SMILES string of the molecule is CC(C)NC(=O)N1CCCC(CN2C(=O)C3(CC(=N)N(N)c4cc5c(cc43)OCO5)c3ccccc32)C1. The number of ether oxygens (including phenoxy) is 2. The summed E-state index contributed by atoms with van der Waals surface area (Å²) in [6.45, 7) is 5.82. The number of benzene rings is 2. The lowest BCUT2D eigenvalue weighted by molar-refractivity contribution is -0.121. The van der Waals surface area contributed by atoms with Crippen LogP contribution < -0.4 is 30.5 Å². The maximum Gasteiger partial charge on any atom is 0.317 e. The Morgan fingerprint density at radius 3 is 2.73 bits per heavy atom. The zero-order chi connectivity index (χ0) is 25.9. The van der Waals surface area contributed by atoms with E-state index in [1.807, 2.05) is 54.0 Å². The fourth-order valence-corrected chi connectivity index (χ4v) is 6.18. The highest BCUT2D eigenvalue weighted by molar-refractivity contribution is 6.17. The topological polar surface area (TPSA) is 124 Å². The van der Waals surface area contributed by atoms with E-state index in [1.54, 1.807) is 6.07 Å². The number of fused-ring (bicyclic) bond motifs is 5. The molecule has 1 saturated heterocycles. The van der Waals surface area contributed by atoms with Crippen molar-refractivity contribution in [2.75, 3.05) is 36.3 Å². The number of nitrogens with two attached hydrogens (primary N) is 1. The molecule has 0 radical (unpaired) electrons. The zero-order valence-electron chi connectivity index (χ0n) is 21.1. The number of urea groups is 1. The van der Waals surface area contributed by atoms with Gasteiger partial charge >= 0.3 is 6.03 Å². The molecule has 10 nitrogen and oxygen atoms in total. The number of likely N-dealkylation sites (tertiary alicyclic amines) is 1. The lowest BCUT2D eigenvalue weighted by atomic mass is 9.69. The summed E-state index contributed by atoms with van der Waals surface area (Å²) in [5.41, 5.74) is 1.92. The summed E-state index contributed by atoms with van der Waals surface area (Å²) < 4.78 is 11.2. The molecule has 2 atom stereocenters. The quantitative estimate of drug-likeness (QED) is 0.552. The molecule has 0 aromatic heterocycles. The number of para-hydroxylation sites is 1. The molecule has 4 aliphatic rings. The van der Waals surface area contributed by atoms with Gasteiger partial charge in [-0.1, -0.05) is 18.2 Å². The van der Waals surface area contributed by atoms with Crippen LogP contribution in [0.4, 0.5) is 16.2 Å². The van der Waals surface area contributed by atoms with Gasteiger partial charge in [0.2, 0.25) is 12.7 Å². The van der Waals surface area contributed by atoms with Crippen LogP contribution in [0.1, 0.15) is 44.2 Å². The van der Waals surface area contributed by atoms with E-state index in [-0.39, 0.29) is 42.9 Å². The van der Waals surface area contributed by atoms with Gasteiger partial charge in [-0.2, -0.15) is 0 Å². The molecule has 3 amide bonds. The van der Waals surface area contributed by atoms with E-state index >= 15 is 0 Å². The minimum atomic E-state index is -1.08. The molecule has 2 aromatic carbocycles. The first-order valence-corrected chi connectivity index (χ1v) is 12.8. The van der Waals surface area contributed by atoms with E-state index in [9.17, 15) is 9.59 Å². The van der Waals surface area contributed by atoms with Crippen LogP contribution in [-0.2, 0) is 10.2 Å². The third kappa shape index (κ3) is 3.61. The van der Waals surface area contributed by atoms with Crippen molar-refractivity contribution in [2.24, 2.45) is 11.8 Å². The number of nitrogens with zero attached hydrogens (tertiary/aromatic N) is 3. The van der Waals surface area contributed by atoms with Gasteiger partial charge in [0.15, 0.2) is 11.5 Å². The summed E-state index contributed by atoms with van der Waals surface area (Å²) >= 11 is 0. The molecule has 6 rings (SSSR count). The Hall–Kier alpha value is -3.79. The lowest BCUT2D eigenvalue weighted by Crippen LogP contribution is -2.53. The number of hydrazine groups is 1. The van der Waals surface area contributed by atoms with Gasteiger partial charge in [-0.25, -0.2) is 10.6 Å². The third-order valence-electron chi connectivity index (χ3n) is 7.86. The van der Waals surface area contributed by atoms with Crippen LogP contribution in [0.5, 0.6) is 11.5 Å². The number of hydrogen-bond acceptors (Lipinski definition) is 6. The number of rotatable bonds is 3. The number of amidine groups is 1. The van der Waals surface area contributed by atoms with E-state index in [4.69, 9.17) is 20.7 Å². The Kier molecular flexibility index (Phi) is 5.52. The number of anilines is 2. The molecule has 4 heterocycles. The fraction of sp³-hybridized carbons (Fsp3) is 0.444. The summed E-state index contributed by atoms with van der Waals surface area (Å²) in [6.07, 6.45) is 1.98. The van der Waals surface area contributed by atoms with E-state index in [1.165, 1.54) is 5.01 Å². The number of piperidine rings is 1. The smallest absolute Gasteiger partial charge is 0.317 e. The Labute approximate surface area is 215 Å². The molecular formula is C27H32N6O4. The lowest BCUT2D eigenvalue weighted by Gasteiger charge is -2.40. The molecule has 37 heavy (non-hydrogen) atoms. The first-order valence-electron chi connectivity index (χ1n) is 12.8. The van der Waals surface area contributed by atoms with Gasteiger partial charge in [0.05, 0.1) is 5.69 Å². The number of carbonyl (C=O) groups is 2. The van der Waals surface area contributed by atoms with Crippen molar-refractivity contribution >= 4 is 29.1 Å². The first kappa shape index (κ1) is 23.6. The van der Waals surface area contributed by atoms with Gasteiger partial charge in [-0.15, -0.1) is 0 Å². The number of carbonyl (C=O) groups excluding carboxylic acids is 2. The van der Waals surface area contributed by atoms with Crippen LogP contribution in [0.15, 0.2) is 36.4 Å². The molecule has 2 aromatic rings. The van der Waals surface area contributed by atoms with Gasteiger partial charge in [0.25, 0.3) is 0 Å². The minimum Gasteiger partial charge on any atom is -0.454 e. The average Bonchev–Trinajstić information content (AvgIpc) is 3.43. The summed E-state index contributed by atoms with van der Waals surface area (Å²) in [6, 6.07) is 11.4. The van der Waals surface area contributed by atoms with Crippen LogP contribution in [0, 0.1) is 11.3 Å².